The standard InChI is InChI=1S/C9H13N3O3S/c1-2-12-4-7(3-10-12)11-8(13)5-16-6-9(14)15/h3-4H,2,5-6H2,1H3,(H,11,13)(H,14,15). The van der Waals surface area contributed by atoms with Gasteiger partial charge in [0.15, 0.2) is 0 Å². The van der Waals surface area contributed by atoms with Crippen LogP contribution >= 0.6 is 11.8 Å². The Bertz CT molecular complexity index is 378. The van der Waals surface area contributed by atoms with E-state index in [0.29, 0.717) is 5.69 Å². The summed E-state index contributed by atoms with van der Waals surface area (Å²) in [5.41, 5.74) is 0.628. The van der Waals surface area contributed by atoms with Crippen LogP contribution in [0.4, 0.5) is 5.69 Å². The van der Waals surface area contributed by atoms with E-state index in [-0.39, 0.29) is 17.4 Å². The minimum absolute atomic E-state index is 0.0678. The lowest BCUT2D eigenvalue weighted by Gasteiger charge is -2.00. The molecule has 1 aromatic heterocycles. The molecule has 0 radical (unpaired) electrons. The molecule has 1 aromatic rings. The highest BCUT2D eigenvalue weighted by molar-refractivity contribution is 8.00. The summed E-state index contributed by atoms with van der Waals surface area (Å²) in [6.07, 6.45) is 3.28. The predicted octanol–water partition coefficient (Wildman–Crippen LogP) is 0.659. The van der Waals surface area contributed by atoms with Crippen LogP contribution in [0.15, 0.2) is 12.4 Å². The summed E-state index contributed by atoms with van der Waals surface area (Å²) in [6.45, 7) is 2.69. The number of carbonyl (C=O) groups excluding carboxylic acids is 1. The number of carbonyl (C=O) groups is 2. The molecule has 0 spiro atoms. The van der Waals surface area contributed by atoms with Gasteiger partial charge in [0.2, 0.25) is 5.91 Å². The third-order valence-corrected chi connectivity index (χ3v) is 2.62. The first kappa shape index (κ1) is 12.6. The Morgan fingerprint density at radius 3 is 2.88 bits per heavy atom. The first-order valence-corrected chi connectivity index (χ1v) is 5.89. The summed E-state index contributed by atoms with van der Waals surface area (Å²) in [5.74, 6) is -1.08. The number of anilines is 1. The summed E-state index contributed by atoms with van der Waals surface area (Å²) in [7, 11) is 0. The molecule has 0 saturated heterocycles. The first-order valence-electron chi connectivity index (χ1n) is 4.73. The monoisotopic (exact) mass is 243 g/mol. The maximum Gasteiger partial charge on any atom is 0.313 e. The third kappa shape index (κ3) is 4.35. The number of amides is 1. The van der Waals surface area contributed by atoms with Gasteiger partial charge in [-0.15, -0.1) is 11.8 Å². The van der Waals surface area contributed by atoms with Gasteiger partial charge in [0.25, 0.3) is 0 Å². The van der Waals surface area contributed by atoms with Crippen molar-refractivity contribution >= 4 is 29.3 Å². The van der Waals surface area contributed by atoms with Crippen molar-refractivity contribution in [1.29, 1.82) is 0 Å². The van der Waals surface area contributed by atoms with Gasteiger partial charge >= 0.3 is 5.97 Å². The Kier molecular flexibility index (Phi) is 4.84. The highest BCUT2D eigenvalue weighted by Crippen LogP contribution is 2.06. The van der Waals surface area contributed by atoms with Gasteiger partial charge in [0, 0.05) is 12.7 Å². The predicted molar refractivity (Wildman–Crippen MR) is 61.5 cm³/mol. The largest absolute Gasteiger partial charge is 0.481 e. The second-order valence-electron chi connectivity index (χ2n) is 3.02. The number of nitrogens with one attached hydrogen (secondary N) is 1. The van der Waals surface area contributed by atoms with E-state index in [1.807, 2.05) is 6.92 Å². The molecule has 7 heteroatoms. The number of nitrogens with zero attached hydrogens (tertiary/aromatic N) is 2. The molecule has 0 aromatic carbocycles. The second kappa shape index (κ2) is 6.16. The van der Waals surface area contributed by atoms with Crippen molar-refractivity contribution in [2.24, 2.45) is 0 Å². The van der Waals surface area contributed by atoms with E-state index in [9.17, 15) is 9.59 Å². The maximum atomic E-state index is 11.3. The molecule has 0 aliphatic carbocycles. The third-order valence-electron chi connectivity index (χ3n) is 1.70. The maximum absolute atomic E-state index is 11.3. The van der Waals surface area contributed by atoms with E-state index < -0.39 is 5.97 Å². The normalized spacial score (nSPS) is 10.1. The van der Waals surface area contributed by atoms with Crippen molar-refractivity contribution < 1.29 is 14.7 Å². The molecule has 0 fully saturated rings. The summed E-state index contributed by atoms with van der Waals surface area (Å²) in [6, 6.07) is 0. The van der Waals surface area contributed by atoms with Gasteiger partial charge < -0.3 is 10.4 Å². The quantitative estimate of drug-likeness (QED) is 0.766. The smallest absolute Gasteiger partial charge is 0.313 e. The van der Waals surface area contributed by atoms with Gasteiger partial charge in [0.1, 0.15) is 0 Å². The lowest BCUT2D eigenvalue weighted by molar-refractivity contribution is -0.133. The topological polar surface area (TPSA) is 84.2 Å². The van der Waals surface area contributed by atoms with Crippen molar-refractivity contribution in [2.75, 3.05) is 16.8 Å². The van der Waals surface area contributed by atoms with E-state index in [1.165, 1.54) is 0 Å². The molecule has 16 heavy (non-hydrogen) atoms. The van der Waals surface area contributed by atoms with Crippen molar-refractivity contribution in [1.82, 2.24) is 9.78 Å². The number of hydrogen-bond acceptors (Lipinski definition) is 4. The molecule has 0 aliphatic rings. The summed E-state index contributed by atoms with van der Waals surface area (Å²) < 4.78 is 1.69. The Morgan fingerprint density at radius 1 is 1.56 bits per heavy atom. The van der Waals surface area contributed by atoms with Crippen molar-refractivity contribution in [3.8, 4) is 0 Å². The molecule has 0 aliphatic heterocycles. The average Bonchev–Trinajstić information content (AvgIpc) is 2.65. The van der Waals surface area contributed by atoms with E-state index in [2.05, 4.69) is 10.4 Å². The average molecular weight is 243 g/mol. The molecule has 0 unspecified atom stereocenters. The van der Waals surface area contributed by atoms with Crippen LogP contribution in [-0.4, -0.2) is 38.3 Å². The molecular formula is C9H13N3O3S. The summed E-state index contributed by atoms with van der Waals surface area (Å²) >= 11 is 1.06. The zero-order valence-corrected chi connectivity index (χ0v) is 9.66. The van der Waals surface area contributed by atoms with Crippen LogP contribution in [-0.2, 0) is 16.1 Å². The molecule has 2 N–H and O–H groups in total. The minimum atomic E-state index is -0.920. The Labute approximate surface area is 97.0 Å². The van der Waals surface area contributed by atoms with Crippen molar-refractivity contribution in [3.05, 3.63) is 12.4 Å². The highest BCUT2D eigenvalue weighted by atomic mass is 32.2. The lowest BCUT2D eigenvalue weighted by atomic mass is 10.5. The number of aromatic nitrogens is 2. The summed E-state index contributed by atoms with van der Waals surface area (Å²) in [5, 5.41) is 15.0. The fraction of sp³-hybridized carbons (Fsp3) is 0.444. The molecule has 88 valence electrons. The van der Waals surface area contributed by atoms with Gasteiger partial charge in [-0.05, 0) is 6.92 Å². The molecule has 0 saturated carbocycles. The number of thioether (sulfide) groups is 1. The van der Waals surface area contributed by atoms with Crippen LogP contribution in [0.25, 0.3) is 0 Å². The van der Waals surface area contributed by atoms with E-state index in [0.717, 1.165) is 18.3 Å². The number of carboxylic acid groups (broad SMARTS) is 1. The van der Waals surface area contributed by atoms with Crippen molar-refractivity contribution in [2.45, 2.75) is 13.5 Å². The SMILES string of the molecule is CCn1cc(NC(=O)CSCC(=O)O)cn1. The van der Waals surface area contributed by atoms with E-state index in [4.69, 9.17) is 5.11 Å². The number of rotatable bonds is 6. The molecule has 0 bridgehead atoms. The van der Waals surface area contributed by atoms with E-state index >= 15 is 0 Å². The lowest BCUT2D eigenvalue weighted by Crippen LogP contribution is -2.15. The Hall–Kier alpha value is -1.50. The molecule has 1 heterocycles. The van der Waals surface area contributed by atoms with Crippen molar-refractivity contribution in [3.63, 3.8) is 0 Å². The molecule has 1 amide bonds. The molecule has 0 atom stereocenters. The number of aryl methyl sites for hydroxylation is 1. The van der Waals surface area contributed by atoms with Crippen LogP contribution in [0.1, 0.15) is 6.92 Å². The van der Waals surface area contributed by atoms with Crippen LogP contribution in [0.3, 0.4) is 0 Å². The molecule has 1 rings (SSSR count). The minimum Gasteiger partial charge on any atom is -0.481 e. The van der Waals surface area contributed by atoms with Gasteiger partial charge in [-0.3, -0.25) is 14.3 Å². The van der Waals surface area contributed by atoms with E-state index in [1.54, 1.807) is 17.1 Å². The molecule has 6 nitrogen and oxygen atoms in total. The fourth-order valence-corrected chi connectivity index (χ4v) is 1.56. The Balaban J connectivity index is 2.31. The van der Waals surface area contributed by atoms with Gasteiger partial charge in [-0.1, -0.05) is 0 Å². The van der Waals surface area contributed by atoms with Crippen LogP contribution in [0, 0.1) is 0 Å². The highest BCUT2D eigenvalue weighted by Gasteiger charge is 2.05. The zero-order chi connectivity index (χ0) is 12.0. The number of aliphatic carboxylic acids is 1. The Morgan fingerprint density at radius 2 is 2.31 bits per heavy atom. The number of carboxylic acids is 1. The first-order chi connectivity index (χ1) is 7.61. The zero-order valence-electron chi connectivity index (χ0n) is 8.84. The van der Waals surface area contributed by atoms with Gasteiger partial charge in [-0.2, -0.15) is 5.10 Å². The number of hydrogen-bond donors (Lipinski definition) is 2. The van der Waals surface area contributed by atoms with Gasteiger partial charge in [0.05, 0.1) is 23.4 Å². The second-order valence-corrected chi connectivity index (χ2v) is 4.01. The fourth-order valence-electron chi connectivity index (χ4n) is 1.03. The van der Waals surface area contributed by atoms with Crippen LogP contribution in [0.2, 0.25) is 0 Å². The van der Waals surface area contributed by atoms with Gasteiger partial charge in [-0.25, -0.2) is 0 Å². The van der Waals surface area contributed by atoms with Crippen LogP contribution in [0.5, 0.6) is 0 Å². The summed E-state index contributed by atoms with van der Waals surface area (Å²) in [4.78, 5) is 21.5. The van der Waals surface area contributed by atoms with Crippen LogP contribution < -0.4 is 5.32 Å². The molecular weight excluding hydrogens is 230 g/mol.